The minimum Gasteiger partial charge on any atom is -0.459 e. The Bertz CT molecular complexity index is 1620. The monoisotopic (exact) mass is 865 g/mol. The molecule has 0 radical (unpaired) electrons. The van der Waals surface area contributed by atoms with E-state index in [1.165, 1.54) is 14.0 Å². The normalized spacial score (nSPS) is 46.3. The Labute approximate surface area is 363 Å². The van der Waals surface area contributed by atoms with Crippen LogP contribution in [0.1, 0.15) is 94.9 Å². The Hall–Kier alpha value is -2.48. The Morgan fingerprint density at radius 3 is 2.28 bits per heavy atom. The van der Waals surface area contributed by atoms with E-state index in [2.05, 4.69) is 10.6 Å². The highest BCUT2D eigenvalue weighted by molar-refractivity contribution is 5.79. The van der Waals surface area contributed by atoms with Gasteiger partial charge in [0, 0.05) is 39.1 Å². The van der Waals surface area contributed by atoms with E-state index in [4.69, 9.17) is 38.2 Å². The van der Waals surface area contributed by atoms with Gasteiger partial charge in [0.1, 0.15) is 29.0 Å². The predicted molar refractivity (Wildman–Crippen MR) is 229 cm³/mol. The maximum atomic E-state index is 14.5. The summed E-state index contributed by atoms with van der Waals surface area (Å²) >= 11 is 0. The number of esters is 1. The summed E-state index contributed by atoms with van der Waals surface area (Å²) in [7, 11) is 5.21. The minimum atomic E-state index is -1.82. The number of aliphatic hydroxyl groups excluding tert-OH is 1. The molecule has 18 atom stereocenters. The molecule has 5 rings (SSSR count). The standard InChI is InChI=1S/C45H76N4O12/c1-14-33-44(10,53)37(50)29(6)47-23-25(2)21-42(8,52)38(61-40-36-32(20-26(3)56-40)49(12)41(60-36)48-31-18-16-15-17-19-31)27(4)35(28(5)39(51)58-33)59-34-22-43(9,55-13)45(54,24-46-11)30(7)57-34/h15-19,25-30,32-38,40,46-47,50,52-54H,14,20-24H2,1-13H3/b48-41-/t25-,26-,27+,28-,29-,30+,32+,33-,34+,35+,36-,37-,38-,40+,42-,43-,44-,45+/m1/s1. The molecule has 0 amide bonds. The Morgan fingerprint density at radius 2 is 1.66 bits per heavy atom. The first-order chi connectivity index (χ1) is 28.5. The van der Waals surface area contributed by atoms with Gasteiger partial charge in [-0.25, -0.2) is 0 Å². The average Bonchev–Trinajstić information content (AvgIpc) is 3.51. The summed E-state index contributed by atoms with van der Waals surface area (Å²) < 4.78 is 45.6. The molecule has 4 aliphatic heterocycles. The SMILES string of the molecule is CC[C@H]1OC(=O)[C@H](C)[C@@H](O[C@H]2C[C@@](C)(OC)[C@](O)(CNC)[C@H](C)O2)[C@H](C)[C@@H](O[C@@H]2O[C@H](C)C[C@H]3[C@H]2O/C(=N\c2ccccc2)N3C)[C@](C)(O)C[C@@H](C)CN[C@H](C)[C@@H](O)[C@]1(C)O. The lowest BCUT2D eigenvalue weighted by molar-refractivity contribution is -0.335. The van der Waals surface area contributed by atoms with Crippen LogP contribution in [-0.4, -0.2) is 161 Å². The highest BCUT2D eigenvalue weighted by atomic mass is 16.7. The maximum Gasteiger partial charge on any atom is 0.311 e. The van der Waals surface area contributed by atoms with Gasteiger partial charge in [-0.2, -0.15) is 4.99 Å². The van der Waals surface area contributed by atoms with Gasteiger partial charge in [-0.1, -0.05) is 39.0 Å². The van der Waals surface area contributed by atoms with Crippen molar-refractivity contribution in [3.05, 3.63) is 30.3 Å². The molecule has 4 fully saturated rings. The van der Waals surface area contributed by atoms with Gasteiger partial charge in [-0.15, -0.1) is 0 Å². The second-order valence-electron chi connectivity index (χ2n) is 19.0. The molecule has 6 N–H and O–H groups in total. The number of ether oxygens (including phenoxy) is 7. The maximum absolute atomic E-state index is 14.5. The van der Waals surface area contributed by atoms with Crippen molar-refractivity contribution in [2.75, 3.05) is 34.3 Å². The second-order valence-corrected chi connectivity index (χ2v) is 19.0. The molecule has 16 heteroatoms. The number of fused-ring (bicyclic) bond motifs is 1. The summed E-state index contributed by atoms with van der Waals surface area (Å²) in [6.07, 6.45) is -6.86. The molecule has 16 nitrogen and oxygen atoms in total. The highest BCUT2D eigenvalue weighted by Crippen LogP contribution is 2.44. The van der Waals surface area contributed by atoms with Crippen LogP contribution in [0.2, 0.25) is 0 Å². The summed E-state index contributed by atoms with van der Waals surface area (Å²) in [5.74, 6) is -2.63. The summed E-state index contributed by atoms with van der Waals surface area (Å²) in [4.78, 5) is 21.3. The van der Waals surface area contributed by atoms with Gasteiger partial charge in [0.15, 0.2) is 18.7 Å². The first-order valence-corrected chi connectivity index (χ1v) is 22.2. The summed E-state index contributed by atoms with van der Waals surface area (Å²) in [5, 5.41) is 54.3. The largest absolute Gasteiger partial charge is 0.459 e. The summed E-state index contributed by atoms with van der Waals surface area (Å²) in [6, 6.07) is 9.21. The molecule has 0 bridgehead atoms. The molecule has 0 unspecified atom stereocenters. The van der Waals surface area contributed by atoms with Crippen LogP contribution in [0.25, 0.3) is 0 Å². The third-order valence-corrected chi connectivity index (χ3v) is 14.0. The lowest BCUT2D eigenvalue weighted by Gasteiger charge is -2.53. The van der Waals surface area contributed by atoms with Crippen molar-refractivity contribution in [2.24, 2.45) is 22.7 Å². The first kappa shape index (κ1) is 49.5. The molecule has 1 aromatic rings. The number of carbonyl (C=O) groups excluding carboxylic acids is 1. The zero-order valence-electron chi connectivity index (χ0n) is 38.7. The number of para-hydroxylation sites is 1. The van der Waals surface area contributed by atoms with Gasteiger partial charge >= 0.3 is 5.97 Å². The number of nitrogens with one attached hydrogen (secondary N) is 2. The number of amidine groups is 1. The third-order valence-electron chi connectivity index (χ3n) is 14.0. The molecule has 0 spiro atoms. The third kappa shape index (κ3) is 10.4. The van der Waals surface area contributed by atoms with Crippen LogP contribution in [0.3, 0.4) is 0 Å². The first-order valence-electron chi connectivity index (χ1n) is 22.2. The summed E-state index contributed by atoms with van der Waals surface area (Å²) in [6.45, 7) is 18.3. The number of rotatable bonds is 9. The van der Waals surface area contributed by atoms with Crippen LogP contribution < -0.4 is 10.6 Å². The fourth-order valence-electron chi connectivity index (χ4n) is 10.1. The fourth-order valence-corrected chi connectivity index (χ4v) is 10.1. The van der Waals surface area contributed by atoms with Crippen molar-refractivity contribution in [2.45, 2.75) is 185 Å². The molecule has 0 saturated carbocycles. The number of hydrogen-bond donors (Lipinski definition) is 6. The van der Waals surface area contributed by atoms with Crippen molar-refractivity contribution in [1.82, 2.24) is 15.5 Å². The number of aliphatic imine (C=N–C) groups is 1. The molecule has 1 aromatic carbocycles. The van der Waals surface area contributed by atoms with Crippen molar-refractivity contribution < 1.29 is 58.4 Å². The topological polar surface area (TPSA) is 202 Å². The number of carbonyl (C=O) groups is 1. The molecule has 4 aliphatic rings. The summed E-state index contributed by atoms with van der Waals surface area (Å²) in [5.41, 5.74) is -5.22. The lowest BCUT2D eigenvalue weighted by atomic mass is 9.75. The molecular formula is C45H76N4O12. The van der Waals surface area contributed by atoms with Crippen LogP contribution in [-0.2, 0) is 38.0 Å². The highest BCUT2D eigenvalue weighted by Gasteiger charge is 2.59. The van der Waals surface area contributed by atoms with E-state index in [9.17, 15) is 25.2 Å². The number of nitrogens with zero attached hydrogens (tertiary/aromatic N) is 2. The Balaban J connectivity index is 1.58. The fraction of sp³-hybridized carbons (Fsp3) is 0.822. The van der Waals surface area contributed by atoms with E-state index >= 15 is 0 Å². The zero-order chi connectivity index (χ0) is 45.2. The Morgan fingerprint density at radius 1 is 0.984 bits per heavy atom. The predicted octanol–water partition coefficient (Wildman–Crippen LogP) is 3.24. The van der Waals surface area contributed by atoms with Crippen LogP contribution in [0, 0.1) is 17.8 Å². The van der Waals surface area contributed by atoms with Gasteiger partial charge < -0.3 is 69.1 Å². The van der Waals surface area contributed by atoms with Crippen molar-refractivity contribution >= 4 is 17.7 Å². The van der Waals surface area contributed by atoms with Crippen LogP contribution >= 0.6 is 0 Å². The number of aliphatic hydroxyl groups is 4. The smallest absolute Gasteiger partial charge is 0.311 e. The molecule has 348 valence electrons. The molecule has 0 aromatic heterocycles. The number of cyclic esters (lactones) is 1. The number of methoxy groups -OCH3 is 1. The molecule has 4 saturated heterocycles. The van der Waals surface area contributed by atoms with E-state index in [-0.39, 0.29) is 43.9 Å². The van der Waals surface area contributed by atoms with Crippen molar-refractivity contribution in [3.8, 4) is 0 Å². The zero-order valence-corrected chi connectivity index (χ0v) is 38.7. The van der Waals surface area contributed by atoms with E-state index in [0.29, 0.717) is 19.0 Å². The van der Waals surface area contributed by atoms with Crippen LogP contribution in [0.5, 0.6) is 0 Å². The van der Waals surface area contributed by atoms with Crippen molar-refractivity contribution in [3.63, 3.8) is 0 Å². The Kier molecular flexibility index (Phi) is 16.0. The van der Waals surface area contributed by atoms with Gasteiger partial charge in [0.05, 0.1) is 47.7 Å². The van der Waals surface area contributed by atoms with E-state index in [0.717, 1.165) is 5.69 Å². The minimum absolute atomic E-state index is 0.0920. The average molecular weight is 865 g/mol. The quantitative estimate of drug-likeness (QED) is 0.198. The molecular weight excluding hydrogens is 789 g/mol. The molecule has 0 aliphatic carbocycles. The van der Waals surface area contributed by atoms with E-state index < -0.39 is 95.5 Å². The second kappa shape index (κ2) is 19.7. The van der Waals surface area contributed by atoms with Gasteiger partial charge in [-0.3, -0.25) is 4.79 Å². The number of benzene rings is 1. The van der Waals surface area contributed by atoms with Gasteiger partial charge in [-0.05, 0) is 99.4 Å². The van der Waals surface area contributed by atoms with Crippen LogP contribution in [0.4, 0.5) is 5.69 Å². The van der Waals surface area contributed by atoms with Gasteiger partial charge in [0.2, 0.25) is 0 Å². The number of likely N-dealkylation sites (N-methyl/N-ethyl adjacent to an activating group) is 2. The van der Waals surface area contributed by atoms with Gasteiger partial charge in [0.25, 0.3) is 6.02 Å². The van der Waals surface area contributed by atoms with E-state index in [1.54, 1.807) is 48.6 Å². The molecule has 4 heterocycles. The van der Waals surface area contributed by atoms with Crippen molar-refractivity contribution in [1.29, 1.82) is 0 Å². The number of hydrogen-bond acceptors (Lipinski definition) is 15. The molecule has 61 heavy (non-hydrogen) atoms. The lowest BCUT2D eigenvalue weighted by Crippen LogP contribution is -2.69. The van der Waals surface area contributed by atoms with Crippen LogP contribution in [0.15, 0.2) is 35.3 Å². The van der Waals surface area contributed by atoms with E-state index in [1.807, 2.05) is 63.1 Å².